The van der Waals surface area contributed by atoms with Crippen molar-refractivity contribution in [3.63, 3.8) is 0 Å². The molecule has 1 aliphatic heterocycles. The lowest BCUT2D eigenvalue weighted by Crippen LogP contribution is -2.42. The second-order valence-electron chi connectivity index (χ2n) is 7.15. The molecule has 9 nitrogen and oxygen atoms in total. The van der Waals surface area contributed by atoms with Crippen LogP contribution in [0.25, 0.3) is 0 Å². The van der Waals surface area contributed by atoms with E-state index in [9.17, 15) is 14.9 Å². The number of pyridine rings is 1. The smallest absolute Gasteiger partial charge is 0.313 e. The first-order chi connectivity index (χ1) is 15.0. The van der Waals surface area contributed by atoms with Crippen molar-refractivity contribution in [3.05, 3.63) is 42.1 Å². The number of amides is 2. The highest BCUT2D eigenvalue weighted by atomic mass is 16.5. The van der Waals surface area contributed by atoms with Crippen molar-refractivity contribution in [1.82, 2.24) is 10.3 Å². The maximum atomic E-state index is 12.2. The average Bonchev–Trinajstić information content (AvgIpc) is 2.82. The van der Waals surface area contributed by atoms with Gasteiger partial charge in [-0.1, -0.05) is 0 Å². The number of carbonyl (C=O) groups excluding carboxylic acids is 2. The van der Waals surface area contributed by atoms with Crippen LogP contribution in [0.15, 0.2) is 36.5 Å². The normalized spacial score (nSPS) is 13.8. The minimum Gasteiger partial charge on any atom is -0.493 e. The standard InChI is InChI=1S/C22H25N5O4/c1-30-18-6-5-17(12-19(18)31-2)26-22(29)21(28)25-14-15-7-10-27(11-8-15)20-16(13-23)4-3-9-24-20/h3-6,9,12,15H,7-8,10-11,14H2,1-2H3,(H,25,28)(H,26,29). The quantitative estimate of drug-likeness (QED) is 0.682. The predicted octanol–water partition coefficient (Wildman–Crippen LogP) is 1.94. The molecule has 1 aromatic heterocycles. The maximum Gasteiger partial charge on any atom is 0.313 e. The summed E-state index contributed by atoms with van der Waals surface area (Å²) < 4.78 is 10.4. The molecule has 0 bridgehead atoms. The van der Waals surface area contributed by atoms with Gasteiger partial charge in [0.2, 0.25) is 0 Å². The lowest BCUT2D eigenvalue weighted by Gasteiger charge is -2.33. The van der Waals surface area contributed by atoms with Crippen LogP contribution in [0.3, 0.4) is 0 Å². The minimum atomic E-state index is -0.739. The van der Waals surface area contributed by atoms with Gasteiger partial charge in [0.1, 0.15) is 11.9 Å². The first kappa shape index (κ1) is 21.9. The number of carbonyl (C=O) groups is 2. The van der Waals surface area contributed by atoms with Crippen molar-refractivity contribution >= 4 is 23.3 Å². The fourth-order valence-corrected chi connectivity index (χ4v) is 3.50. The number of hydrogen-bond acceptors (Lipinski definition) is 7. The van der Waals surface area contributed by atoms with E-state index in [4.69, 9.17) is 9.47 Å². The average molecular weight is 423 g/mol. The van der Waals surface area contributed by atoms with E-state index < -0.39 is 11.8 Å². The second-order valence-corrected chi connectivity index (χ2v) is 7.15. The Kier molecular flexibility index (Phi) is 7.27. The molecule has 2 aromatic rings. The number of nitrogens with one attached hydrogen (secondary N) is 2. The molecule has 0 aliphatic carbocycles. The van der Waals surface area contributed by atoms with Crippen molar-refractivity contribution in [2.24, 2.45) is 5.92 Å². The van der Waals surface area contributed by atoms with E-state index in [-0.39, 0.29) is 5.92 Å². The molecule has 162 valence electrons. The number of nitrogens with zero attached hydrogens (tertiary/aromatic N) is 3. The summed E-state index contributed by atoms with van der Waals surface area (Å²) in [5.74, 6) is 0.513. The van der Waals surface area contributed by atoms with Gasteiger partial charge in [0.25, 0.3) is 0 Å². The number of rotatable bonds is 6. The highest BCUT2D eigenvalue weighted by Crippen LogP contribution is 2.29. The summed E-state index contributed by atoms with van der Waals surface area (Å²) >= 11 is 0. The third-order valence-electron chi connectivity index (χ3n) is 5.22. The summed E-state index contributed by atoms with van der Waals surface area (Å²) in [5.41, 5.74) is 0.996. The first-order valence-corrected chi connectivity index (χ1v) is 9.97. The fraction of sp³-hybridized carbons (Fsp3) is 0.364. The van der Waals surface area contributed by atoms with Gasteiger partial charge in [0.15, 0.2) is 11.5 Å². The molecular weight excluding hydrogens is 398 g/mol. The summed E-state index contributed by atoms with van der Waals surface area (Å²) in [6.45, 7) is 1.90. The zero-order valence-corrected chi connectivity index (χ0v) is 17.6. The highest BCUT2D eigenvalue weighted by Gasteiger charge is 2.23. The third kappa shape index (κ3) is 5.42. The molecule has 0 spiro atoms. The number of benzene rings is 1. The van der Waals surface area contributed by atoms with Gasteiger partial charge in [0.05, 0.1) is 19.8 Å². The molecule has 1 fully saturated rings. The lowest BCUT2D eigenvalue weighted by molar-refractivity contribution is -0.136. The van der Waals surface area contributed by atoms with Crippen molar-refractivity contribution in [2.45, 2.75) is 12.8 Å². The van der Waals surface area contributed by atoms with E-state index in [0.717, 1.165) is 25.9 Å². The predicted molar refractivity (Wildman–Crippen MR) is 115 cm³/mol. The fourth-order valence-electron chi connectivity index (χ4n) is 3.50. The van der Waals surface area contributed by atoms with Crippen LogP contribution in [-0.4, -0.2) is 50.7 Å². The lowest BCUT2D eigenvalue weighted by atomic mass is 9.96. The third-order valence-corrected chi connectivity index (χ3v) is 5.22. The van der Waals surface area contributed by atoms with Gasteiger partial charge in [-0.15, -0.1) is 0 Å². The van der Waals surface area contributed by atoms with Crippen molar-refractivity contribution < 1.29 is 19.1 Å². The summed E-state index contributed by atoms with van der Waals surface area (Å²) in [6, 6.07) is 10.5. The maximum absolute atomic E-state index is 12.2. The molecule has 2 heterocycles. The van der Waals surface area contributed by atoms with Crippen LogP contribution in [0.1, 0.15) is 18.4 Å². The highest BCUT2D eigenvalue weighted by molar-refractivity contribution is 6.39. The van der Waals surface area contributed by atoms with E-state index in [2.05, 4.69) is 26.6 Å². The molecule has 1 saturated heterocycles. The molecule has 0 radical (unpaired) electrons. The largest absolute Gasteiger partial charge is 0.493 e. The molecule has 0 unspecified atom stereocenters. The number of anilines is 2. The van der Waals surface area contributed by atoms with E-state index in [1.165, 1.54) is 14.2 Å². The van der Waals surface area contributed by atoms with Gasteiger partial charge in [0, 0.05) is 37.6 Å². The Balaban J connectivity index is 1.47. The van der Waals surface area contributed by atoms with E-state index in [0.29, 0.717) is 35.1 Å². The number of ether oxygens (including phenoxy) is 2. The minimum absolute atomic E-state index is 0.253. The number of aromatic nitrogens is 1. The molecule has 2 amide bonds. The van der Waals surface area contributed by atoms with Gasteiger partial charge in [-0.05, 0) is 43.0 Å². The Morgan fingerprint density at radius 2 is 1.90 bits per heavy atom. The first-order valence-electron chi connectivity index (χ1n) is 9.97. The SMILES string of the molecule is COc1ccc(NC(=O)C(=O)NCC2CCN(c3ncccc3C#N)CC2)cc1OC. The van der Waals surface area contributed by atoms with E-state index in [1.54, 1.807) is 36.5 Å². The van der Waals surface area contributed by atoms with Crippen LogP contribution in [0.5, 0.6) is 11.5 Å². The Morgan fingerprint density at radius 1 is 1.16 bits per heavy atom. The molecule has 3 rings (SSSR count). The van der Waals surface area contributed by atoms with Crippen molar-refractivity contribution in [3.8, 4) is 17.6 Å². The van der Waals surface area contributed by atoms with Crippen molar-refractivity contribution in [1.29, 1.82) is 5.26 Å². The molecule has 0 saturated carbocycles. The summed E-state index contributed by atoms with van der Waals surface area (Å²) in [5, 5.41) is 14.5. The number of methoxy groups -OCH3 is 2. The molecule has 31 heavy (non-hydrogen) atoms. The molecule has 1 aromatic carbocycles. The zero-order chi connectivity index (χ0) is 22.2. The van der Waals surface area contributed by atoms with Crippen LogP contribution in [0, 0.1) is 17.2 Å². The summed E-state index contributed by atoms with van der Waals surface area (Å²) in [6.07, 6.45) is 3.34. The Labute approximate surface area is 181 Å². The molecule has 0 atom stereocenters. The Morgan fingerprint density at radius 3 is 2.58 bits per heavy atom. The van der Waals surface area contributed by atoms with Crippen LogP contribution < -0.4 is 25.0 Å². The molecular formula is C22H25N5O4. The van der Waals surface area contributed by atoms with E-state index in [1.807, 2.05) is 0 Å². The topological polar surface area (TPSA) is 117 Å². The van der Waals surface area contributed by atoms with Crippen molar-refractivity contribution in [2.75, 3.05) is 44.1 Å². The summed E-state index contributed by atoms with van der Waals surface area (Å²) in [7, 11) is 3.02. The molecule has 2 N–H and O–H groups in total. The van der Waals surface area contributed by atoms with Gasteiger partial charge >= 0.3 is 11.8 Å². The zero-order valence-electron chi connectivity index (χ0n) is 17.6. The van der Waals surface area contributed by atoms with E-state index >= 15 is 0 Å². The van der Waals surface area contributed by atoms with Crippen LogP contribution >= 0.6 is 0 Å². The Bertz CT molecular complexity index is 980. The van der Waals surface area contributed by atoms with Gasteiger partial charge in [-0.2, -0.15) is 5.26 Å². The monoisotopic (exact) mass is 423 g/mol. The Hall–Kier alpha value is -3.80. The second kappa shape index (κ2) is 10.3. The van der Waals surface area contributed by atoms with Crippen LogP contribution in [0.4, 0.5) is 11.5 Å². The van der Waals surface area contributed by atoms with Gasteiger partial charge in [-0.3, -0.25) is 9.59 Å². The molecule has 9 heteroatoms. The number of piperidine rings is 1. The number of hydrogen-bond donors (Lipinski definition) is 2. The summed E-state index contributed by atoms with van der Waals surface area (Å²) in [4.78, 5) is 30.8. The van der Waals surface area contributed by atoms with Crippen LogP contribution in [0.2, 0.25) is 0 Å². The number of nitriles is 1. The van der Waals surface area contributed by atoms with Gasteiger partial charge in [-0.25, -0.2) is 4.98 Å². The molecule has 1 aliphatic rings. The van der Waals surface area contributed by atoms with Crippen LogP contribution in [-0.2, 0) is 9.59 Å². The van der Waals surface area contributed by atoms with Gasteiger partial charge < -0.3 is 25.0 Å².